The van der Waals surface area contributed by atoms with E-state index in [1.165, 1.54) is 6.92 Å². The topological polar surface area (TPSA) is 67.4 Å². The van der Waals surface area contributed by atoms with E-state index in [-0.39, 0.29) is 23.7 Å². The van der Waals surface area contributed by atoms with Gasteiger partial charge in [-0.05, 0) is 23.1 Å². The Morgan fingerprint density at radius 1 is 1.24 bits per heavy atom. The number of hydrogen-bond acceptors (Lipinski definition) is 3. The van der Waals surface area contributed by atoms with Gasteiger partial charge in [-0.15, -0.1) is 0 Å². The molecule has 1 rings (SSSR count). The van der Waals surface area contributed by atoms with Crippen molar-refractivity contribution in [3.63, 3.8) is 0 Å². The highest BCUT2D eigenvalue weighted by Gasteiger charge is 2.16. The molecule has 116 valence electrons. The maximum absolute atomic E-state index is 11.9. The first-order valence-corrected chi connectivity index (χ1v) is 6.97. The molecular formula is C16H24N2O3. The van der Waals surface area contributed by atoms with E-state index >= 15 is 0 Å². The van der Waals surface area contributed by atoms with E-state index in [1.54, 1.807) is 7.11 Å². The molecule has 0 aromatic heterocycles. The first-order chi connectivity index (χ1) is 9.74. The Morgan fingerprint density at radius 3 is 2.43 bits per heavy atom. The predicted octanol–water partition coefficient (Wildman–Crippen LogP) is 2.46. The molecule has 5 nitrogen and oxygen atoms in total. The zero-order chi connectivity index (χ0) is 16.0. The lowest BCUT2D eigenvalue weighted by Gasteiger charge is -2.21. The van der Waals surface area contributed by atoms with Crippen LogP contribution in [0.3, 0.4) is 0 Å². The number of rotatable bonds is 5. The quantitative estimate of drug-likeness (QED) is 0.876. The van der Waals surface area contributed by atoms with Gasteiger partial charge in [0.25, 0.3) is 0 Å². The molecule has 0 unspecified atom stereocenters. The molecule has 0 spiro atoms. The lowest BCUT2D eigenvalue weighted by atomic mass is 9.87. The molecule has 2 amide bonds. The molecule has 0 aliphatic carbocycles. The molecule has 1 aromatic rings. The first-order valence-electron chi connectivity index (χ1n) is 6.97. The van der Waals surface area contributed by atoms with E-state index in [4.69, 9.17) is 4.74 Å². The molecule has 0 saturated carbocycles. The number of anilines is 1. The van der Waals surface area contributed by atoms with Crippen LogP contribution in [0.2, 0.25) is 0 Å². The number of methoxy groups -OCH3 is 1. The lowest BCUT2D eigenvalue weighted by molar-refractivity contribution is -0.119. The van der Waals surface area contributed by atoms with Gasteiger partial charge in [0.15, 0.2) is 0 Å². The molecule has 0 bridgehead atoms. The fourth-order valence-electron chi connectivity index (χ4n) is 1.84. The summed E-state index contributed by atoms with van der Waals surface area (Å²) in [5, 5.41) is 5.43. The molecule has 2 N–H and O–H groups in total. The zero-order valence-corrected chi connectivity index (χ0v) is 13.4. The fourth-order valence-corrected chi connectivity index (χ4v) is 1.84. The minimum absolute atomic E-state index is 0.0120. The Labute approximate surface area is 126 Å². The Morgan fingerprint density at radius 2 is 1.90 bits per heavy atom. The van der Waals surface area contributed by atoms with Crippen molar-refractivity contribution in [2.24, 2.45) is 0 Å². The van der Waals surface area contributed by atoms with Gasteiger partial charge in [-0.1, -0.05) is 26.8 Å². The molecule has 0 aliphatic heterocycles. The van der Waals surface area contributed by atoms with Crippen LogP contribution in [0.25, 0.3) is 0 Å². The average molecular weight is 292 g/mol. The highest BCUT2D eigenvalue weighted by atomic mass is 16.5. The van der Waals surface area contributed by atoms with Crippen LogP contribution >= 0.6 is 0 Å². The van der Waals surface area contributed by atoms with E-state index in [9.17, 15) is 9.59 Å². The average Bonchev–Trinajstić information content (AvgIpc) is 2.37. The SMILES string of the molecule is COc1ccc(C(C)(C)C)cc1NC(=O)CCNC(C)=O. The standard InChI is InChI=1S/C16H24N2O3/c1-11(19)17-9-8-15(20)18-13-10-12(16(2,3)4)6-7-14(13)21-5/h6-7,10H,8-9H2,1-5H3,(H,17,19)(H,18,20). The third kappa shape index (κ3) is 5.45. The van der Waals surface area contributed by atoms with Gasteiger partial charge >= 0.3 is 0 Å². The highest BCUT2D eigenvalue weighted by Crippen LogP contribution is 2.31. The Kier molecular flexibility index (Phi) is 5.76. The Bertz CT molecular complexity index is 519. The monoisotopic (exact) mass is 292 g/mol. The van der Waals surface area contributed by atoms with Gasteiger partial charge in [0.2, 0.25) is 11.8 Å². The maximum atomic E-state index is 11.9. The molecule has 0 atom stereocenters. The summed E-state index contributed by atoms with van der Waals surface area (Å²) in [6, 6.07) is 5.77. The smallest absolute Gasteiger partial charge is 0.226 e. The van der Waals surface area contributed by atoms with Crippen molar-refractivity contribution in [1.29, 1.82) is 0 Å². The summed E-state index contributed by atoms with van der Waals surface area (Å²) < 4.78 is 5.27. The Hall–Kier alpha value is -2.04. The Balaban J connectivity index is 2.80. The predicted molar refractivity (Wildman–Crippen MR) is 83.6 cm³/mol. The number of amides is 2. The molecule has 0 fully saturated rings. The summed E-state index contributed by atoms with van der Waals surface area (Å²) in [7, 11) is 1.57. The summed E-state index contributed by atoms with van der Waals surface area (Å²) in [6.45, 7) is 8.07. The van der Waals surface area contributed by atoms with Crippen molar-refractivity contribution in [3.05, 3.63) is 23.8 Å². The van der Waals surface area contributed by atoms with Gasteiger partial charge in [0.05, 0.1) is 12.8 Å². The normalized spacial score (nSPS) is 10.9. The van der Waals surface area contributed by atoms with Crippen LogP contribution < -0.4 is 15.4 Å². The highest BCUT2D eigenvalue weighted by molar-refractivity contribution is 5.92. The van der Waals surface area contributed by atoms with Crippen molar-refractivity contribution in [2.45, 2.75) is 39.5 Å². The van der Waals surface area contributed by atoms with Crippen molar-refractivity contribution in [1.82, 2.24) is 5.32 Å². The molecule has 21 heavy (non-hydrogen) atoms. The summed E-state index contributed by atoms with van der Waals surface area (Å²) in [4.78, 5) is 22.7. The summed E-state index contributed by atoms with van der Waals surface area (Å²) in [6.07, 6.45) is 0.225. The largest absolute Gasteiger partial charge is 0.495 e. The van der Waals surface area contributed by atoms with Crippen LogP contribution in [0.5, 0.6) is 5.75 Å². The number of carbonyl (C=O) groups is 2. The van der Waals surface area contributed by atoms with Gasteiger partial charge in [-0.2, -0.15) is 0 Å². The second-order valence-electron chi connectivity index (χ2n) is 5.95. The molecule has 0 radical (unpaired) electrons. The number of hydrogen-bond donors (Lipinski definition) is 2. The van der Waals surface area contributed by atoms with E-state index in [0.29, 0.717) is 18.0 Å². The summed E-state index contributed by atoms with van der Waals surface area (Å²) in [5.41, 5.74) is 1.75. The third-order valence-corrected chi connectivity index (χ3v) is 3.07. The number of ether oxygens (including phenoxy) is 1. The molecule has 5 heteroatoms. The van der Waals surface area contributed by atoms with E-state index < -0.39 is 0 Å². The second-order valence-corrected chi connectivity index (χ2v) is 5.95. The van der Waals surface area contributed by atoms with Crippen LogP contribution in [-0.4, -0.2) is 25.5 Å². The third-order valence-electron chi connectivity index (χ3n) is 3.07. The van der Waals surface area contributed by atoms with Crippen LogP contribution in [0.15, 0.2) is 18.2 Å². The lowest BCUT2D eigenvalue weighted by Crippen LogP contribution is -2.25. The van der Waals surface area contributed by atoms with E-state index in [0.717, 1.165) is 5.56 Å². The number of carbonyl (C=O) groups excluding carboxylic acids is 2. The number of nitrogens with one attached hydrogen (secondary N) is 2. The summed E-state index contributed by atoms with van der Waals surface area (Å²) >= 11 is 0. The number of benzene rings is 1. The van der Waals surface area contributed by atoms with Gasteiger partial charge in [-0.3, -0.25) is 9.59 Å². The minimum atomic E-state index is -0.159. The molecule has 1 aromatic carbocycles. The van der Waals surface area contributed by atoms with Crippen molar-refractivity contribution >= 4 is 17.5 Å². The zero-order valence-electron chi connectivity index (χ0n) is 13.4. The van der Waals surface area contributed by atoms with E-state index in [1.807, 2.05) is 18.2 Å². The van der Waals surface area contributed by atoms with Crippen LogP contribution in [-0.2, 0) is 15.0 Å². The van der Waals surface area contributed by atoms with Crippen LogP contribution in [0.4, 0.5) is 5.69 Å². The van der Waals surface area contributed by atoms with E-state index in [2.05, 4.69) is 31.4 Å². The van der Waals surface area contributed by atoms with Crippen molar-refractivity contribution in [3.8, 4) is 5.75 Å². The molecular weight excluding hydrogens is 268 g/mol. The van der Waals surface area contributed by atoms with Crippen molar-refractivity contribution in [2.75, 3.05) is 19.0 Å². The van der Waals surface area contributed by atoms with Crippen LogP contribution in [0, 0.1) is 0 Å². The maximum Gasteiger partial charge on any atom is 0.226 e. The molecule has 0 saturated heterocycles. The summed E-state index contributed by atoms with van der Waals surface area (Å²) in [5.74, 6) is 0.319. The van der Waals surface area contributed by atoms with Crippen molar-refractivity contribution < 1.29 is 14.3 Å². The van der Waals surface area contributed by atoms with Gasteiger partial charge in [-0.25, -0.2) is 0 Å². The van der Waals surface area contributed by atoms with Gasteiger partial charge in [0, 0.05) is 19.9 Å². The second kappa shape index (κ2) is 7.11. The molecule has 0 aliphatic rings. The van der Waals surface area contributed by atoms with Crippen LogP contribution in [0.1, 0.15) is 39.7 Å². The fraction of sp³-hybridized carbons (Fsp3) is 0.500. The first kappa shape index (κ1) is 17.0. The minimum Gasteiger partial charge on any atom is -0.495 e. The van der Waals surface area contributed by atoms with Gasteiger partial charge in [0.1, 0.15) is 5.75 Å². The molecule has 0 heterocycles. The van der Waals surface area contributed by atoms with Gasteiger partial charge < -0.3 is 15.4 Å².